The van der Waals surface area contributed by atoms with E-state index in [1.807, 2.05) is 39.0 Å². The summed E-state index contributed by atoms with van der Waals surface area (Å²) < 4.78 is 10.5. The zero-order valence-corrected chi connectivity index (χ0v) is 13.5. The summed E-state index contributed by atoms with van der Waals surface area (Å²) in [7, 11) is 3.19. The van der Waals surface area contributed by atoms with E-state index in [9.17, 15) is 4.79 Å². The highest BCUT2D eigenvalue weighted by Crippen LogP contribution is 2.30. The van der Waals surface area contributed by atoms with E-state index in [0.29, 0.717) is 18.0 Å². The molecule has 0 saturated carbocycles. The predicted octanol–water partition coefficient (Wildman–Crippen LogP) is 2.11. The number of carbonyl (C=O) groups is 1. The Morgan fingerprint density at radius 1 is 1.19 bits per heavy atom. The first-order valence-corrected chi connectivity index (χ1v) is 7.16. The lowest BCUT2D eigenvalue weighted by molar-refractivity contribution is -0.126. The van der Waals surface area contributed by atoms with Crippen LogP contribution in [0.1, 0.15) is 32.4 Å². The zero-order chi connectivity index (χ0) is 16.0. The van der Waals surface area contributed by atoms with Crippen LogP contribution in [0.4, 0.5) is 0 Å². The van der Waals surface area contributed by atoms with Crippen LogP contribution in [0, 0.1) is 11.8 Å². The van der Waals surface area contributed by atoms with Crippen molar-refractivity contribution in [2.24, 2.45) is 17.6 Å². The molecule has 0 aliphatic heterocycles. The van der Waals surface area contributed by atoms with Gasteiger partial charge in [0, 0.05) is 6.54 Å². The van der Waals surface area contributed by atoms with Gasteiger partial charge in [0.2, 0.25) is 5.91 Å². The maximum Gasteiger partial charge on any atom is 0.225 e. The zero-order valence-electron chi connectivity index (χ0n) is 13.5. The molecule has 3 N–H and O–H groups in total. The minimum absolute atomic E-state index is 0.0187. The maximum absolute atomic E-state index is 12.2. The van der Waals surface area contributed by atoms with E-state index in [1.54, 1.807) is 14.2 Å². The van der Waals surface area contributed by atoms with Gasteiger partial charge in [-0.2, -0.15) is 0 Å². The molecule has 118 valence electrons. The number of methoxy groups -OCH3 is 2. The van der Waals surface area contributed by atoms with Crippen LogP contribution in [0.3, 0.4) is 0 Å². The Hall–Kier alpha value is -1.75. The molecule has 5 heteroatoms. The standard InChI is InChI=1S/C16H26N2O3/c1-10(2)13(9-17)16(19)18-11(3)12-6-7-14(20-4)15(8-12)21-5/h6-8,10-11,13H,9,17H2,1-5H3,(H,18,19). The topological polar surface area (TPSA) is 73.6 Å². The van der Waals surface area contributed by atoms with Gasteiger partial charge in [0.05, 0.1) is 26.2 Å². The van der Waals surface area contributed by atoms with E-state index in [1.165, 1.54) is 0 Å². The van der Waals surface area contributed by atoms with Crippen molar-refractivity contribution in [3.05, 3.63) is 23.8 Å². The van der Waals surface area contributed by atoms with E-state index in [0.717, 1.165) is 5.56 Å². The van der Waals surface area contributed by atoms with Crippen LogP contribution < -0.4 is 20.5 Å². The fraction of sp³-hybridized carbons (Fsp3) is 0.562. The molecule has 0 aliphatic rings. The summed E-state index contributed by atoms with van der Waals surface area (Å²) in [5, 5.41) is 3.00. The van der Waals surface area contributed by atoms with Gasteiger partial charge in [0.25, 0.3) is 0 Å². The molecule has 0 saturated heterocycles. The van der Waals surface area contributed by atoms with Gasteiger partial charge in [0.15, 0.2) is 11.5 Å². The van der Waals surface area contributed by atoms with E-state index >= 15 is 0 Å². The van der Waals surface area contributed by atoms with Crippen molar-refractivity contribution < 1.29 is 14.3 Å². The number of rotatable bonds is 7. The lowest BCUT2D eigenvalue weighted by atomic mass is 9.94. The summed E-state index contributed by atoms with van der Waals surface area (Å²) >= 11 is 0. The second-order valence-corrected chi connectivity index (χ2v) is 5.43. The highest BCUT2D eigenvalue weighted by molar-refractivity contribution is 5.79. The molecule has 0 bridgehead atoms. The normalized spacial score (nSPS) is 13.7. The molecular formula is C16H26N2O3. The highest BCUT2D eigenvalue weighted by Gasteiger charge is 2.22. The molecule has 0 heterocycles. The van der Waals surface area contributed by atoms with Gasteiger partial charge in [-0.3, -0.25) is 4.79 Å². The smallest absolute Gasteiger partial charge is 0.225 e. The lowest BCUT2D eigenvalue weighted by Crippen LogP contribution is -2.39. The van der Waals surface area contributed by atoms with E-state index in [4.69, 9.17) is 15.2 Å². The van der Waals surface area contributed by atoms with Gasteiger partial charge in [0.1, 0.15) is 0 Å². The largest absolute Gasteiger partial charge is 0.493 e. The molecule has 2 atom stereocenters. The molecular weight excluding hydrogens is 268 g/mol. The summed E-state index contributed by atoms with van der Waals surface area (Å²) in [6.07, 6.45) is 0. The third-order valence-electron chi connectivity index (χ3n) is 3.66. The van der Waals surface area contributed by atoms with Crippen molar-refractivity contribution in [1.29, 1.82) is 0 Å². The molecule has 0 aliphatic carbocycles. The average molecular weight is 294 g/mol. The number of ether oxygens (including phenoxy) is 2. The van der Waals surface area contributed by atoms with Crippen molar-refractivity contribution in [3.63, 3.8) is 0 Å². The van der Waals surface area contributed by atoms with Crippen LogP contribution in [-0.4, -0.2) is 26.7 Å². The molecule has 5 nitrogen and oxygen atoms in total. The number of hydrogen-bond acceptors (Lipinski definition) is 4. The number of nitrogens with one attached hydrogen (secondary N) is 1. The minimum atomic E-state index is -0.174. The van der Waals surface area contributed by atoms with Gasteiger partial charge in [-0.1, -0.05) is 19.9 Å². The number of amides is 1. The fourth-order valence-electron chi connectivity index (χ4n) is 2.21. The second kappa shape index (κ2) is 7.88. The van der Waals surface area contributed by atoms with Crippen LogP contribution in [0.25, 0.3) is 0 Å². The molecule has 0 aromatic heterocycles. The SMILES string of the molecule is COc1ccc(C(C)NC(=O)C(CN)C(C)C)cc1OC. The summed E-state index contributed by atoms with van der Waals surface area (Å²) in [4.78, 5) is 12.2. The molecule has 1 aromatic rings. The third kappa shape index (κ3) is 4.36. The Labute approximate surface area is 126 Å². The predicted molar refractivity (Wildman–Crippen MR) is 83.5 cm³/mol. The summed E-state index contributed by atoms with van der Waals surface area (Å²) in [5.74, 6) is 1.34. The summed E-state index contributed by atoms with van der Waals surface area (Å²) in [5.41, 5.74) is 6.63. The molecule has 0 fully saturated rings. The van der Waals surface area contributed by atoms with Gasteiger partial charge in [-0.25, -0.2) is 0 Å². The Morgan fingerprint density at radius 2 is 1.81 bits per heavy atom. The molecule has 2 unspecified atom stereocenters. The van der Waals surface area contributed by atoms with Crippen molar-refractivity contribution in [2.45, 2.75) is 26.8 Å². The minimum Gasteiger partial charge on any atom is -0.493 e. The first-order valence-electron chi connectivity index (χ1n) is 7.16. The molecule has 1 aromatic carbocycles. The van der Waals surface area contributed by atoms with Gasteiger partial charge in [-0.15, -0.1) is 0 Å². The molecule has 0 radical (unpaired) electrons. The summed E-state index contributed by atoms with van der Waals surface area (Å²) in [6.45, 7) is 6.28. The first kappa shape index (κ1) is 17.3. The highest BCUT2D eigenvalue weighted by atomic mass is 16.5. The fourth-order valence-corrected chi connectivity index (χ4v) is 2.21. The van der Waals surface area contributed by atoms with Crippen LogP contribution >= 0.6 is 0 Å². The maximum atomic E-state index is 12.2. The van der Waals surface area contributed by atoms with Crippen molar-refractivity contribution in [2.75, 3.05) is 20.8 Å². The monoisotopic (exact) mass is 294 g/mol. The van der Waals surface area contributed by atoms with Crippen LogP contribution in [0.2, 0.25) is 0 Å². The Balaban J connectivity index is 2.84. The Bertz CT molecular complexity index is 475. The average Bonchev–Trinajstić information content (AvgIpc) is 2.46. The quantitative estimate of drug-likeness (QED) is 0.808. The van der Waals surface area contributed by atoms with Gasteiger partial charge < -0.3 is 20.5 Å². The van der Waals surface area contributed by atoms with Crippen molar-refractivity contribution in [1.82, 2.24) is 5.32 Å². The molecule has 0 spiro atoms. The second-order valence-electron chi connectivity index (χ2n) is 5.43. The summed E-state index contributed by atoms with van der Waals surface area (Å²) in [6, 6.07) is 5.50. The lowest BCUT2D eigenvalue weighted by Gasteiger charge is -2.22. The van der Waals surface area contributed by atoms with Crippen LogP contribution in [0.5, 0.6) is 11.5 Å². The Morgan fingerprint density at radius 3 is 2.29 bits per heavy atom. The number of carbonyl (C=O) groups excluding carboxylic acids is 1. The van der Waals surface area contributed by atoms with Crippen molar-refractivity contribution >= 4 is 5.91 Å². The molecule has 21 heavy (non-hydrogen) atoms. The third-order valence-corrected chi connectivity index (χ3v) is 3.66. The van der Waals surface area contributed by atoms with E-state index < -0.39 is 0 Å². The van der Waals surface area contributed by atoms with E-state index in [2.05, 4.69) is 5.32 Å². The number of nitrogens with two attached hydrogens (primary N) is 1. The van der Waals surface area contributed by atoms with Crippen LogP contribution in [-0.2, 0) is 4.79 Å². The molecule has 1 rings (SSSR count). The number of benzene rings is 1. The number of hydrogen-bond donors (Lipinski definition) is 2. The van der Waals surface area contributed by atoms with E-state index in [-0.39, 0.29) is 23.8 Å². The van der Waals surface area contributed by atoms with Gasteiger partial charge >= 0.3 is 0 Å². The van der Waals surface area contributed by atoms with Gasteiger partial charge in [-0.05, 0) is 30.5 Å². The Kier molecular flexibility index (Phi) is 6.49. The van der Waals surface area contributed by atoms with Crippen molar-refractivity contribution in [3.8, 4) is 11.5 Å². The molecule has 1 amide bonds. The van der Waals surface area contributed by atoms with Crippen LogP contribution in [0.15, 0.2) is 18.2 Å². The first-order chi connectivity index (χ1) is 9.94.